The molecule has 0 spiro atoms. The molecule has 1 aromatic heterocycles. The van der Waals surface area contributed by atoms with E-state index in [2.05, 4.69) is 0 Å². The van der Waals surface area contributed by atoms with Crippen LogP contribution < -0.4 is 4.72 Å². The number of aromatic carboxylic acids is 2. The molecule has 0 aliphatic carbocycles. The number of thiophene rings is 1. The molecule has 0 atom stereocenters. The SMILES string of the molecule is Cc1cc(S(=O)(=O)Nc2cc(C(=O)O)c(F)cc2F)sc1C(=O)O. The lowest BCUT2D eigenvalue weighted by atomic mass is 10.2. The Morgan fingerprint density at radius 1 is 1.08 bits per heavy atom. The van der Waals surface area contributed by atoms with E-state index in [1.165, 1.54) is 6.92 Å². The molecule has 0 aliphatic rings. The van der Waals surface area contributed by atoms with Crippen LogP contribution >= 0.6 is 11.3 Å². The van der Waals surface area contributed by atoms with E-state index in [4.69, 9.17) is 10.2 Å². The Balaban J connectivity index is 2.46. The van der Waals surface area contributed by atoms with Gasteiger partial charge in [0, 0.05) is 6.07 Å². The van der Waals surface area contributed by atoms with Crippen LogP contribution in [0.25, 0.3) is 0 Å². The second-order valence-electron chi connectivity index (χ2n) is 4.61. The smallest absolute Gasteiger partial charge is 0.346 e. The molecular formula is C13H9F2NO6S2. The minimum absolute atomic E-state index is 0.193. The monoisotopic (exact) mass is 377 g/mol. The first-order valence-electron chi connectivity index (χ1n) is 6.12. The number of rotatable bonds is 5. The highest BCUT2D eigenvalue weighted by atomic mass is 32.2. The molecule has 0 amide bonds. The molecule has 1 heterocycles. The van der Waals surface area contributed by atoms with Crippen molar-refractivity contribution in [3.8, 4) is 0 Å². The van der Waals surface area contributed by atoms with Gasteiger partial charge in [0.05, 0.1) is 11.3 Å². The normalized spacial score (nSPS) is 11.3. The highest BCUT2D eigenvalue weighted by molar-refractivity contribution is 7.94. The van der Waals surface area contributed by atoms with Gasteiger partial charge in [-0.1, -0.05) is 0 Å². The van der Waals surface area contributed by atoms with Crippen LogP contribution in [0.15, 0.2) is 22.4 Å². The van der Waals surface area contributed by atoms with Crippen LogP contribution in [0.5, 0.6) is 0 Å². The molecule has 0 unspecified atom stereocenters. The summed E-state index contributed by atoms with van der Waals surface area (Å²) in [6.07, 6.45) is 0. The second-order valence-corrected chi connectivity index (χ2v) is 7.57. The highest BCUT2D eigenvalue weighted by Crippen LogP contribution is 2.29. The highest BCUT2D eigenvalue weighted by Gasteiger charge is 2.24. The number of halogens is 2. The molecule has 7 nitrogen and oxygen atoms in total. The number of aryl methyl sites for hydroxylation is 1. The molecule has 0 saturated carbocycles. The minimum atomic E-state index is -4.38. The summed E-state index contributed by atoms with van der Waals surface area (Å²) in [6, 6.07) is 1.82. The topological polar surface area (TPSA) is 121 Å². The number of hydrogen-bond donors (Lipinski definition) is 3. The molecule has 0 bridgehead atoms. The lowest BCUT2D eigenvalue weighted by molar-refractivity contribution is 0.0684. The van der Waals surface area contributed by atoms with Gasteiger partial charge in [-0.15, -0.1) is 11.3 Å². The number of benzene rings is 1. The van der Waals surface area contributed by atoms with Crippen LogP contribution in [-0.2, 0) is 10.0 Å². The first-order chi connectivity index (χ1) is 11.0. The maximum atomic E-state index is 13.7. The average Bonchev–Trinajstić information content (AvgIpc) is 2.84. The average molecular weight is 377 g/mol. The van der Waals surface area contributed by atoms with Gasteiger partial charge in [0.25, 0.3) is 10.0 Å². The van der Waals surface area contributed by atoms with Crippen LogP contribution in [0.1, 0.15) is 25.6 Å². The van der Waals surface area contributed by atoms with Crippen molar-refractivity contribution in [1.29, 1.82) is 0 Å². The Hall–Kier alpha value is -2.53. The molecule has 2 rings (SSSR count). The molecule has 0 fully saturated rings. The number of carboxylic acid groups (broad SMARTS) is 2. The van der Waals surface area contributed by atoms with Crippen molar-refractivity contribution in [2.24, 2.45) is 0 Å². The second kappa shape index (κ2) is 6.17. The zero-order valence-corrected chi connectivity index (χ0v) is 13.5. The molecule has 0 radical (unpaired) electrons. The van der Waals surface area contributed by atoms with Crippen LogP contribution in [0, 0.1) is 18.6 Å². The lowest BCUT2D eigenvalue weighted by Gasteiger charge is -2.09. The summed E-state index contributed by atoms with van der Waals surface area (Å²) >= 11 is 0.450. The predicted octanol–water partition coefficient (Wildman–Crippen LogP) is 2.53. The summed E-state index contributed by atoms with van der Waals surface area (Å²) in [6.45, 7) is 1.39. The molecule has 0 saturated heterocycles. The van der Waals surface area contributed by atoms with Gasteiger partial charge < -0.3 is 10.2 Å². The zero-order chi connectivity index (χ0) is 18.2. The summed E-state index contributed by atoms with van der Waals surface area (Å²) < 4.78 is 52.8. The van der Waals surface area contributed by atoms with Crippen LogP contribution in [-0.4, -0.2) is 30.6 Å². The first-order valence-corrected chi connectivity index (χ1v) is 8.41. The van der Waals surface area contributed by atoms with Gasteiger partial charge in [-0.05, 0) is 24.6 Å². The summed E-state index contributed by atoms with van der Waals surface area (Å²) in [7, 11) is -4.38. The number of anilines is 1. The quantitative estimate of drug-likeness (QED) is 0.736. The first kappa shape index (κ1) is 17.8. The van der Waals surface area contributed by atoms with Gasteiger partial charge in [-0.2, -0.15) is 0 Å². The van der Waals surface area contributed by atoms with Crippen LogP contribution in [0.4, 0.5) is 14.5 Å². The Kier molecular flexibility index (Phi) is 4.58. The lowest BCUT2D eigenvalue weighted by Crippen LogP contribution is -2.14. The Bertz CT molecular complexity index is 952. The number of hydrogen-bond acceptors (Lipinski definition) is 5. The van der Waals surface area contributed by atoms with E-state index in [1.807, 2.05) is 0 Å². The third kappa shape index (κ3) is 3.36. The fourth-order valence-electron chi connectivity index (χ4n) is 1.78. The van der Waals surface area contributed by atoms with Crippen molar-refractivity contribution in [3.63, 3.8) is 0 Å². The Morgan fingerprint density at radius 2 is 1.71 bits per heavy atom. The number of carbonyl (C=O) groups is 2. The van der Waals surface area contributed by atoms with E-state index < -0.39 is 49.1 Å². The zero-order valence-electron chi connectivity index (χ0n) is 11.8. The maximum absolute atomic E-state index is 13.7. The van der Waals surface area contributed by atoms with Crippen molar-refractivity contribution in [2.45, 2.75) is 11.1 Å². The minimum Gasteiger partial charge on any atom is -0.478 e. The van der Waals surface area contributed by atoms with E-state index in [1.54, 1.807) is 4.72 Å². The molecule has 0 aliphatic heterocycles. The fourth-order valence-corrected chi connectivity index (χ4v) is 4.22. The van der Waals surface area contributed by atoms with Crippen molar-refractivity contribution in [3.05, 3.63) is 45.8 Å². The number of sulfonamides is 1. The van der Waals surface area contributed by atoms with Crippen molar-refractivity contribution in [2.75, 3.05) is 4.72 Å². The van der Waals surface area contributed by atoms with Crippen LogP contribution in [0.3, 0.4) is 0 Å². The predicted molar refractivity (Wildman–Crippen MR) is 80.1 cm³/mol. The largest absolute Gasteiger partial charge is 0.478 e. The summed E-state index contributed by atoms with van der Waals surface area (Å²) in [5, 5.41) is 17.7. The standard InChI is InChI=1S/C13H9F2NO6S2/c1-5-2-10(23-11(5)13(19)20)24(21,22)16-9-3-6(12(17)18)7(14)4-8(9)15/h2-4,16H,1H3,(H,17,18)(H,19,20). The molecule has 24 heavy (non-hydrogen) atoms. The van der Waals surface area contributed by atoms with E-state index in [0.717, 1.165) is 6.07 Å². The molecule has 11 heteroatoms. The van der Waals surface area contributed by atoms with E-state index in [9.17, 15) is 26.8 Å². The molecule has 1 aromatic carbocycles. The van der Waals surface area contributed by atoms with Crippen molar-refractivity contribution >= 4 is 39.0 Å². The molecular weight excluding hydrogens is 368 g/mol. The van der Waals surface area contributed by atoms with Gasteiger partial charge in [0.1, 0.15) is 20.7 Å². The van der Waals surface area contributed by atoms with Gasteiger partial charge in [0.15, 0.2) is 0 Å². The van der Waals surface area contributed by atoms with E-state index in [0.29, 0.717) is 17.4 Å². The molecule has 3 N–H and O–H groups in total. The summed E-state index contributed by atoms with van der Waals surface area (Å²) in [5.41, 5.74) is -1.49. The maximum Gasteiger partial charge on any atom is 0.346 e. The van der Waals surface area contributed by atoms with Crippen molar-refractivity contribution in [1.82, 2.24) is 0 Å². The molecule has 128 valence electrons. The summed E-state index contributed by atoms with van der Waals surface area (Å²) in [4.78, 5) is 21.6. The number of nitrogens with one attached hydrogen (secondary N) is 1. The van der Waals surface area contributed by atoms with E-state index >= 15 is 0 Å². The van der Waals surface area contributed by atoms with Gasteiger partial charge >= 0.3 is 11.9 Å². The van der Waals surface area contributed by atoms with Crippen molar-refractivity contribution < 1.29 is 37.0 Å². The molecule has 2 aromatic rings. The Labute approximate surface area is 138 Å². The number of carboxylic acids is 2. The van der Waals surface area contributed by atoms with E-state index in [-0.39, 0.29) is 16.5 Å². The fraction of sp³-hybridized carbons (Fsp3) is 0.0769. The third-order valence-corrected chi connectivity index (χ3v) is 5.95. The van der Waals surface area contributed by atoms with Gasteiger partial charge in [-0.25, -0.2) is 26.8 Å². The third-order valence-electron chi connectivity index (χ3n) is 2.89. The van der Waals surface area contributed by atoms with Gasteiger partial charge in [-0.3, -0.25) is 4.72 Å². The van der Waals surface area contributed by atoms with Crippen LogP contribution in [0.2, 0.25) is 0 Å². The van der Waals surface area contributed by atoms with Gasteiger partial charge in [0.2, 0.25) is 0 Å². The Morgan fingerprint density at radius 3 is 2.21 bits per heavy atom. The summed E-state index contributed by atoms with van der Waals surface area (Å²) in [5.74, 6) is -5.69.